The Hall–Kier alpha value is -2.80. The van der Waals surface area contributed by atoms with Crippen molar-refractivity contribution >= 4 is 23.2 Å². The number of alkyl halides is 2. The fourth-order valence-corrected chi connectivity index (χ4v) is 9.79. The molecular formula is C34H24Cl2. The second kappa shape index (κ2) is 6.94. The molecule has 4 aromatic carbocycles. The maximum Gasteiger partial charge on any atom is 0.0580 e. The average Bonchev–Trinajstić information content (AvgIpc) is 2.95. The SMILES string of the molecule is Cl[C@H]1[C@H](Cl)[C@H]2C(=C3C4c5ccccc5C(c5ccccc54)[C@@H]31)C1c3ccccc3C2c2ccccc21. The zero-order valence-corrected chi connectivity index (χ0v) is 21.1. The summed E-state index contributed by atoms with van der Waals surface area (Å²) in [6, 6.07) is 36.4. The van der Waals surface area contributed by atoms with Crippen molar-refractivity contribution in [1.82, 2.24) is 0 Å². The highest BCUT2D eigenvalue weighted by atomic mass is 35.5. The molecule has 4 bridgehead atoms. The van der Waals surface area contributed by atoms with Crippen molar-refractivity contribution in [2.75, 3.05) is 0 Å². The van der Waals surface area contributed by atoms with Gasteiger partial charge < -0.3 is 0 Å². The molecule has 0 spiro atoms. The van der Waals surface area contributed by atoms with Crippen molar-refractivity contribution in [3.8, 4) is 0 Å². The number of rotatable bonds is 0. The van der Waals surface area contributed by atoms with Crippen molar-refractivity contribution in [2.45, 2.75) is 34.4 Å². The molecule has 0 unspecified atom stereocenters. The molecule has 7 aliphatic rings. The van der Waals surface area contributed by atoms with E-state index in [-0.39, 0.29) is 46.3 Å². The molecule has 174 valence electrons. The molecule has 4 atom stereocenters. The fourth-order valence-electron chi connectivity index (χ4n) is 8.91. The van der Waals surface area contributed by atoms with Gasteiger partial charge in [0.1, 0.15) is 0 Å². The van der Waals surface area contributed by atoms with Crippen molar-refractivity contribution in [3.63, 3.8) is 0 Å². The van der Waals surface area contributed by atoms with Crippen LogP contribution >= 0.6 is 23.2 Å². The molecule has 0 amide bonds. The van der Waals surface area contributed by atoms with Crippen LogP contribution in [0.4, 0.5) is 0 Å². The molecule has 0 aliphatic heterocycles. The van der Waals surface area contributed by atoms with Gasteiger partial charge in [0.05, 0.1) is 10.8 Å². The number of hydrogen-bond donors (Lipinski definition) is 0. The lowest BCUT2D eigenvalue weighted by molar-refractivity contribution is 0.315. The molecule has 0 fully saturated rings. The van der Waals surface area contributed by atoms with Gasteiger partial charge >= 0.3 is 0 Å². The Bertz CT molecular complexity index is 1410. The summed E-state index contributed by atoms with van der Waals surface area (Å²) in [7, 11) is 0. The van der Waals surface area contributed by atoms with Gasteiger partial charge in [-0.3, -0.25) is 0 Å². The van der Waals surface area contributed by atoms with Crippen LogP contribution in [0.5, 0.6) is 0 Å². The Balaban J connectivity index is 1.43. The van der Waals surface area contributed by atoms with Crippen LogP contribution in [0.2, 0.25) is 0 Å². The highest BCUT2D eigenvalue weighted by Gasteiger charge is 2.60. The van der Waals surface area contributed by atoms with Gasteiger partial charge in [-0.05, 0) is 44.5 Å². The topological polar surface area (TPSA) is 0 Å². The predicted molar refractivity (Wildman–Crippen MR) is 146 cm³/mol. The molecule has 36 heavy (non-hydrogen) atoms. The van der Waals surface area contributed by atoms with E-state index in [1.807, 2.05) is 0 Å². The Morgan fingerprint density at radius 1 is 0.361 bits per heavy atom. The van der Waals surface area contributed by atoms with Crippen LogP contribution in [0, 0.1) is 11.8 Å². The maximum atomic E-state index is 7.51. The van der Waals surface area contributed by atoms with E-state index in [9.17, 15) is 0 Å². The second-order valence-corrected chi connectivity index (χ2v) is 12.2. The van der Waals surface area contributed by atoms with Crippen LogP contribution in [-0.2, 0) is 0 Å². The van der Waals surface area contributed by atoms with Gasteiger partial charge in [-0.2, -0.15) is 0 Å². The normalized spacial score (nSPS) is 33.7. The monoisotopic (exact) mass is 502 g/mol. The molecule has 0 nitrogen and oxygen atoms in total. The third kappa shape index (κ3) is 2.22. The lowest BCUT2D eigenvalue weighted by Crippen LogP contribution is -2.52. The third-order valence-corrected chi connectivity index (χ3v) is 11.2. The van der Waals surface area contributed by atoms with Crippen LogP contribution < -0.4 is 0 Å². The molecule has 0 N–H and O–H groups in total. The lowest BCUT2D eigenvalue weighted by Gasteiger charge is -2.59. The number of halogens is 2. The predicted octanol–water partition coefficient (Wildman–Crippen LogP) is 8.33. The van der Waals surface area contributed by atoms with E-state index in [2.05, 4.69) is 97.1 Å². The zero-order valence-electron chi connectivity index (χ0n) is 19.6. The first-order valence-corrected chi connectivity index (χ1v) is 14.0. The summed E-state index contributed by atoms with van der Waals surface area (Å²) in [5.41, 5.74) is 14.8. The van der Waals surface area contributed by atoms with E-state index in [0.29, 0.717) is 0 Å². The van der Waals surface area contributed by atoms with Crippen LogP contribution in [0.1, 0.15) is 68.2 Å². The summed E-state index contributed by atoms with van der Waals surface area (Å²) in [4.78, 5) is 0. The van der Waals surface area contributed by atoms with Gasteiger partial charge in [0.2, 0.25) is 0 Å². The first-order chi connectivity index (χ1) is 17.8. The summed E-state index contributed by atoms with van der Waals surface area (Å²) >= 11 is 15.0. The van der Waals surface area contributed by atoms with E-state index in [1.54, 1.807) is 11.1 Å². The molecule has 0 heterocycles. The van der Waals surface area contributed by atoms with E-state index in [0.717, 1.165) is 0 Å². The van der Waals surface area contributed by atoms with Gasteiger partial charge in [-0.25, -0.2) is 0 Å². The zero-order chi connectivity index (χ0) is 23.7. The quantitative estimate of drug-likeness (QED) is 0.167. The van der Waals surface area contributed by atoms with E-state index in [1.165, 1.54) is 44.5 Å². The van der Waals surface area contributed by atoms with Crippen molar-refractivity contribution in [1.29, 1.82) is 0 Å². The average molecular weight is 503 g/mol. The number of benzene rings is 4. The number of allylic oxidation sites excluding steroid dienone is 2. The highest BCUT2D eigenvalue weighted by molar-refractivity contribution is 6.31. The minimum absolute atomic E-state index is 0.108. The van der Waals surface area contributed by atoms with Crippen molar-refractivity contribution < 1.29 is 0 Å². The molecular weight excluding hydrogens is 479 g/mol. The summed E-state index contributed by atoms with van der Waals surface area (Å²) < 4.78 is 0. The lowest BCUT2D eigenvalue weighted by atomic mass is 9.46. The van der Waals surface area contributed by atoms with Crippen LogP contribution in [0.15, 0.2) is 108 Å². The van der Waals surface area contributed by atoms with Crippen molar-refractivity contribution in [2.24, 2.45) is 11.8 Å². The summed E-state index contributed by atoms with van der Waals surface area (Å²) in [5, 5.41) is -0.216. The molecule has 0 aromatic heterocycles. The summed E-state index contributed by atoms with van der Waals surface area (Å²) in [5.74, 6) is 1.51. The Labute approximate surface area is 221 Å². The molecule has 0 radical (unpaired) electrons. The van der Waals surface area contributed by atoms with Gasteiger partial charge in [0.25, 0.3) is 0 Å². The minimum atomic E-state index is -0.108. The van der Waals surface area contributed by atoms with Crippen molar-refractivity contribution in [3.05, 3.63) is 153 Å². The molecule has 4 aromatic rings. The van der Waals surface area contributed by atoms with Gasteiger partial charge in [-0.1, -0.05) is 108 Å². The molecule has 11 rings (SSSR count). The van der Waals surface area contributed by atoms with E-state index < -0.39 is 0 Å². The molecule has 2 heteroatoms. The first kappa shape index (κ1) is 20.3. The summed E-state index contributed by atoms with van der Waals surface area (Å²) in [6.07, 6.45) is 0. The second-order valence-electron chi connectivity index (χ2n) is 11.2. The van der Waals surface area contributed by atoms with Gasteiger partial charge in [-0.15, -0.1) is 23.2 Å². The van der Waals surface area contributed by atoms with E-state index in [4.69, 9.17) is 23.2 Å². The highest BCUT2D eigenvalue weighted by Crippen LogP contribution is 2.70. The Morgan fingerprint density at radius 3 is 0.889 bits per heavy atom. The Kier molecular flexibility index (Phi) is 3.91. The minimum Gasteiger partial charge on any atom is -0.121 e. The van der Waals surface area contributed by atoms with Crippen LogP contribution in [-0.4, -0.2) is 10.8 Å². The molecule has 0 saturated heterocycles. The van der Waals surface area contributed by atoms with Crippen LogP contribution in [0.25, 0.3) is 0 Å². The van der Waals surface area contributed by atoms with Gasteiger partial charge in [0.15, 0.2) is 0 Å². The van der Waals surface area contributed by atoms with Gasteiger partial charge in [0, 0.05) is 35.5 Å². The number of hydrogen-bond acceptors (Lipinski definition) is 0. The first-order valence-electron chi connectivity index (χ1n) is 13.1. The maximum absolute atomic E-state index is 7.51. The fraction of sp³-hybridized carbons (Fsp3) is 0.235. The van der Waals surface area contributed by atoms with E-state index >= 15 is 0 Å². The standard InChI is InChI=1S/C34H24Cl2/c35-33-31-27-21-13-5-1-9-17(21)25(18-10-2-6-14-22(18)27)29(31)30-26-19-11-3-7-15-23(19)28(32(30)34(33)36)24-16-8-4-12-20(24)26/h1-16,25-28,31-34H/t25?,26?,27?,28?,31-,32+,33-,34-/m1/s1. The smallest absolute Gasteiger partial charge is 0.0580 e. The largest absolute Gasteiger partial charge is 0.121 e. The van der Waals surface area contributed by atoms with Crippen LogP contribution in [0.3, 0.4) is 0 Å². The summed E-state index contributed by atoms with van der Waals surface area (Å²) in [6.45, 7) is 0. The molecule has 0 saturated carbocycles. The third-order valence-electron chi connectivity index (χ3n) is 9.95. The molecule has 7 aliphatic carbocycles. The Morgan fingerprint density at radius 2 is 0.611 bits per heavy atom.